The Labute approximate surface area is 348 Å². The van der Waals surface area contributed by atoms with Gasteiger partial charge in [0, 0.05) is 50.6 Å². The lowest BCUT2D eigenvalue weighted by molar-refractivity contribution is -0.169. The van der Waals surface area contributed by atoms with Crippen LogP contribution in [0.4, 0.5) is 26.3 Å². The smallest absolute Gasteiger partial charge is 0.408 e. The van der Waals surface area contributed by atoms with Crippen molar-refractivity contribution in [3.05, 3.63) is 95.0 Å². The Morgan fingerprint density at radius 3 is 2.45 bits per heavy atom. The number of thiophene rings is 1. The number of fused-ring (bicyclic) bond motifs is 1. The lowest BCUT2D eigenvalue weighted by Crippen LogP contribution is -2.45. The number of aliphatic carboxylic acids is 1. The zero-order chi connectivity index (χ0) is 42.1. The number of nitrogens with zero attached hydrogens (tertiary/aromatic N) is 6. The van der Waals surface area contributed by atoms with E-state index < -0.39 is 60.5 Å². The number of halogens is 7. The first-order valence-electron chi connectivity index (χ1n) is 18.0. The SMILES string of the molecule is C.Cc1c(-c2c(-c3ccc(F)o3)sc3ncnc(O[C@@H](C(=O)O)C(F)(F)c4ccccc4OCc4ccnn4CC(F)(F)F)c23)ccc(OCCN2CCN(C)CC2)c1Cl. The van der Waals surface area contributed by atoms with E-state index in [4.69, 9.17) is 30.2 Å². The molecule has 60 heavy (non-hydrogen) atoms. The average Bonchev–Trinajstić information content (AvgIpc) is 3.93. The predicted octanol–water partition coefficient (Wildman–Crippen LogP) is 8.94. The number of carboxylic acid groups (broad SMARTS) is 1. The Hall–Kier alpha value is -5.37. The van der Waals surface area contributed by atoms with Gasteiger partial charge in [0.2, 0.25) is 5.88 Å². The maximum absolute atomic E-state index is 16.6. The van der Waals surface area contributed by atoms with E-state index in [9.17, 15) is 27.5 Å². The second-order valence-electron chi connectivity index (χ2n) is 13.7. The van der Waals surface area contributed by atoms with Crippen LogP contribution in [0, 0.1) is 12.9 Å². The van der Waals surface area contributed by atoms with Crippen LogP contribution in [0.2, 0.25) is 5.02 Å². The number of carbonyl (C=O) groups is 1. The van der Waals surface area contributed by atoms with Gasteiger partial charge in [-0.05, 0) is 55.4 Å². The summed E-state index contributed by atoms with van der Waals surface area (Å²) in [5.41, 5.74) is 0.135. The molecule has 1 fully saturated rings. The Bertz CT molecular complexity index is 2450. The van der Waals surface area contributed by atoms with Crippen LogP contribution in [0.25, 0.3) is 32.0 Å². The second kappa shape index (κ2) is 18.1. The maximum Gasteiger partial charge on any atom is 0.408 e. The fourth-order valence-corrected chi connectivity index (χ4v) is 7.94. The van der Waals surface area contributed by atoms with Crippen molar-refractivity contribution in [2.24, 2.45) is 0 Å². The summed E-state index contributed by atoms with van der Waals surface area (Å²) in [4.78, 5) is 26.1. The van der Waals surface area contributed by atoms with Crippen molar-refractivity contribution in [3.63, 3.8) is 0 Å². The largest absolute Gasteiger partial charge is 0.491 e. The molecule has 12 nitrogen and oxygen atoms in total. The van der Waals surface area contributed by atoms with Crippen LogP contribution in [0.1, 0.15) is 24.2 Å². The fourth-order valence-electron chi connectivity index (χ4n) is 6.61. The molecule has 0 unspecified atom stereocenters. The average molecular weight is 881 g/mol. The van der Waals surface area contributed by atoms with E-state index in [2.05, 4.69) is 31.9 Å². The first-order valence-corrected chi connectivity index (χ1v) is 19.2. The minimum atomic E-state index is -4.62. The highest BCUT2D eigenvalue weighted by Gasteiger charge is 2.51. The number of hydrogen-bond acceptors (Lipinski definition) is 11. The van der Waals surface area contributed by atoms with Crippen molar-refractivity contribution in [2.75, 3.05) is 46.4 Å². The van der Waals surface area contributed by atoms with Crippen molar-refractivity contribution in [1.29, 1.82) is 0 Å². The van der Waals surface area contributed by atoms with Gasteiger partial charge in [0.05, 0.1) is 26.5 Å². The first-order chi connectivity index (χ1) is 28.1. The van der Waals surface area contributed by atoms with Crippen LogP contribution in [0.15, 0.2) is 71.5 Å². The van der Waals surface area contributed by atoms with E-state index >= 15 is 8.78 Å². The summed E-state index contributed by atoms with van der Waals surface area (Å²) in [5.74, 6) is -7.05. The lowest BCUT2D eigenvalue weighted by atomic mass is 9.97. The molecule has 320 valence electrons. The molecule has 1 atom stereocenters. The summed E-state index contributed by atoms with van der Waals surface area (Å²) in [6.07, 6.45) is -5.45. The molecule has 0 amide bonds. The van der Waals surface area contributed by atoms with E-state index in [1.165, 1.54) is 24.3 Å². The van der Waals surface area contributed by atoms with Crippen LogP contribution in [0.5, 0.6) is 17.4 Å². The van der Waals surface area contributed by atoms with Gasteiger partial charge in [-0.3, -0.25) is 9.58 Å². The van der Waals surface area contributed by atoms with E-state index in [0.29, 0.717) is 39.6 Å². The highest BCUT2D eigenvalue weighted by Crippen LogP contribution is 2.50. The van der Waals surface area contributed by atoms with Crippen molar-refractivity contribution in [3.8, 4) is 39.1 Å². The van der Waals surface area contributed by atoms with Crippen LogP contribution >= 0.6 is 22.9 Å². The number of piperazine rings is 1. The highest BCUT2D eigenvalue weighted by molar-refractivity contribution is 7.22. The van der Waals surface area contributed by atoms with Crippen molar-refractivity contribution >= 4 is 39.1 Å². The second-order valence-corrected chi connectivity index (χ2v) is 15.0. The Balaban J connectivity index is 0.00000604. The topological polar surface area (TPSA) is 128 Å². The number of ether oxygens (including phenoxy) is 3. The number of hydrogen-bond donors (Lipinski definition) is 1. The summed E-state index contributed by atoms with van der Waals surface area (Å²) in [6.45, 7) is 4.36. The highest BCUT2D eigenvalue weighted by atomic mass is 35.5. The molecular formula is C40H39ClF6N6O6S. The minimum Gasteiger partial charge on any atom is -0.491 e. The van der Waals surface area contributed by atoms with Gasteiger partial charge in [-0.15, -0.1) is 11.3 Å². The van der Waals surface area contributed by atoms with Gasteiger partial charge in [-0.1, -0.05) is 37.2 Å². The summed E-state index contributed by atoms with van der Waals surface area (Å²) in [6, 6.07) is 10.7. The molecule has 0 spiro atoms. The third-order valence-electron chi connectivity index (χ3n) is 9.67. The molecule has 2 aromatic carbocycles. The Morgan fingerprint density at radius 2 is 1.75 bits per heavy atom. The van der Waals surface area contributed by atoms with Crippen LogP contribution < -0.4 is 14.2 Å². The van der Waals surface area contributed by atoms with Gasteiger partial charge in [0.1, 0.15) is 48.2 Å². The molecule has 5 heterocycles. The molecule has 1 saturated heterocycles. The molecular weight excluding hydrogens is 842 g/mol. The van der Waals surface area contributed by atoms with Gasteiger partial charge in [-0.25, -0.2) is 14.8 Å². The number of benzene rings is 2. The number of likely N-dealkylation sites (N-methyl/N-ethyl adjacent to an activating group) is 1. The number of rotatable bonds is 15. The molecule has 0 saturated carbocycles. The van der Waals surface area contributed by atoms with Gasteiger partial charge < -0.3 is 28.6 Å². The lowest BCUT2D eigenvalue weighted by Gasteiger charge is -2.32. The standard InChI is InChI=1S/C39H35ClF6N6O6S.CH4/c1-22-24(7-8-27(32(22)40)55-18-17-51-15-13-50(2)14-16-51)30-31-35(47-21-48-36(31)59-33(30)28-9-10-29(41)57-28)58-34(37(53)54)39(45,46)25-5-3-4-6-26(25)56-19-23-11-12-49-52(23)20-38(42,43)44;/h3-12,21,34H,13-20H2,1-2H3,(H,53,54);1H4/t34-;/m0./s1. The summed E-state index contributed by atoms with van der Waals surface area (Å²) < 4.78 is 110. The Kier molecular flexibility index (Phi) is 13.3. The number of carboxylic acids is 1. The molecule has 1 aliphatic heterocycles. The van der Waals surface area contributed by atoms with Gasteiger partial charge in [-0.2, -0.15) is 31.4 Å². The van der Waals surface area contributed by atoms with Gasteiger partial charge in [0.15, 0.2) is 0 Å². The third kappa shape index (κ3) is 9.48. The summed E-state index contributed by atoms with van der Waals surface area (Å²) in [5, 5.41) is 14.1. The Morgan fingerprint density at radius 1 is 1.00 bits per heavy atom. The van der Waals surface area contributed by atoms with E-state index in [1.54, 1.807) is 19.1 Å². The molecule has 0 bridgehead atoms. The van der Waals surface area contributed by atoms with Gasteiger partial charge >= 0.3 is 18.1 Å². The van der Waals surface area contributed by atoms with Crippen LogP contribution in [-0.4, -0.2) is 99.3 Å². The number of alkyl halides is 5. The van der Waals surface area contributed by atoms with Crippen molar-refractivity contribution < 1.29 is 54.9 Å². The zero-order valence-corrected chi connectivity index (χ0v) is 32.9. The third-order valence-corrected chi connectivity index (χ3v) is 11.3. The van der Waals surface area contributed by atoms with Crippen LogP contribution in [-0.2, 0) is 23.9 Å². The van der Waals surface area contributed by atoms with Crippen molar-refractivity contribution in [2.45, 2.75) is 45.7 Å². The predicted molar refractivity (Wildman–Crippen MR) is 211 cm³/mol. The molecule has 20 heteroatoms. The number of aromatic nitrogens is 4. The zero-order valence-electron chi connectivity index (χ0n) is 31.3. The molecule has 1 aliphatic rings. The first kappa shape index (κ1) is 44.2. The van der Waals surface area contributed by atoms with E-state index in [0.717, 1.165) is 68.2 Å². The summed E-state index contributed by atoms with van der Waals surface area (Å²) >= 11 is 7.87. The quantitative estimate of drug-likeness (QED) is 0.0994. The van der Waals surface area contributed by atoms with Crippen LogP contribution in [0.3, 0.4) is 0 Å². The molecule has 6 aromatic rings. The fraction of sp³-hybridized carbons (Fsp3) is 0.350. The molecule has 1 N–H and O–H groups in total. The molecule has 0 aliphatic carbocycles. The van der Waals surface area contributed by atoms with Crippen molar-refractivity contribution in [1.82, 2.24) is 29.5 Å². The summed E-state index contributed by atoms with van der Waals surface area (Å²) in [7, 11) is 2.07. The molecule has 7 rings (SSSR count). The monoisotopic (exact) mass is 880 g/mol. The van der Waals surface area contributed by atoms with E-state index in [1.807, 2.05) is 0 Å². The molecule has 4 aromatic heterocycles. The van der Waals surface area contributed by atoms with E-state index in [-0.39, 0.29) is 39.7 Å². The number of furan rings is 1. The molecule has 0 radical (unpaired) electrons. The number of para-hydroxylation sites is 1. The van der Waals surface area contributed by atoms with Gasteiger partial charge in [0.25, 0.3) is 12.1 Å². The maximum atomic E-state index is 16.6. The minimum absolute atomic E-state index is 0. The normalized spacial score (nSPS) is 14.6.